The molecule has 0 bridgehead atoms. The van der Waals surface area contributed by atoms with Crippen molar-refractivity contribution in [2.45, 2.75) is 44.1 Å². The van der Waals surface area contributed by atoms with Crippen molar-refractivity contribution >= 4 is 0 Å². The number of nitrogens with two attached hydrogens (primary N) is 1. The van der Waals surface area contributed by atoms with Gasteiger partial charge in [0.1, 0.15) is 0 Å². The van der Waals surface area contributed by atoms with Gasteiger partial charge >= 0.3 is 0 Å². The van der Waals surface area contributed by atoms with Crippen LogP contribution < -0.4 is 5.73 Å². The van der Waals surface area contributed by atoms with Crippen LogP contribution in [0.25, 0.3) is 0 Å². The number of hydrogen-bond acceptors (Lipinski definition) is 3. The summed E-state index contributed by atoms with van der Waals surface area (Å²) in [6.07, 6.45) is 6.55. The van der Waals surface area contributed by atoms with Crippen LogP contribution in [-0.2, 0) is 0 Å². The van der Waals surface area contributed by atoms with Crippen molar-refractivity contribution in [2.24, 2.45) is 5.73 Å². The topological polar surface area (TPSA) is 49.5 Å². The van der Waals surface area contributed by atoms with Gasteiger partial charge in [0.25, 0.3) is 0 Å². The second-order valence-corrected chi connectivity index (χ2v) is 5.85. The van der Waals surface area contributed by atoms with Crippen LogP contribution >= 0.6 is 0 Å². The highest BCUT2D eigenvalue weighted by Crippen LogP contribution is 2.25. The van der Waals surface area contributed by atoms with Crippen molar-refractivity contribution in [3.63, 3.8) is 0 Å². The standard InChI is InChI=1S/C17H28N2O/c18-13-16(15-7-3-1-4-8-15)14-19(11-12-20)17-9-5-2-6-10-17/h1,3-4,7-8,16-17,20H,2,5-6,9-14,18H2. The second kappa shape index (κ2) is 8.40. The number of nitrogens with zero attached hydrogens (tertiary/aromatic N) is 1. The Morgan fingerprint density at radius 1 is 1.15 bits per heavy atom. The third kappa shape index (κ3) is 4.30. The Morgan fingerprint density at radius 2 is 1.85 bits per heavy atom. The van der Waals surface area contributed by atoms with E-state index in [1.54, 1.807) is 0 Å². The van der Waals surface area contributed by atoms with Gasteiger partial charge in [-0.25, -0.2) is 0 Å². The monoisotopic (exact) mass is 276 g/mol. The zero-order valence-electron chi connectivity index (χ0n) is 12.4. The van der Waals surface area contributed by atoms with Gasteiger partial charge < -0.3 is 10.8 Å². The summed E-state index contributed by atoms with van der Waals surface area (Å²) < 4.78 is 0. The molecular formula is C17H28N2O. The zero-order valence-corrected chi connectivity index (χ0v) is 12.4. The van der Waals surface area contributed by atoms with Gasteiger partial charge in [-0.3, -0.25) is 4.90 Å². The first-order chi connectivity index (χ1) is 9.85. The first-order valence-corrected chi connectivity index (χ1v) is 7.95. The summed E-state index contributed by atoms with van der Waals surface area (Å²) >= 11 is 0. The van der Waals surface area contributed by atoms with Crippen LogP contribution in [0.4, 0.5) is 0 Å². The number of hydrogen-bond donors (Lipinski definition) is 2. The van der Waals surface area contributed by atoms with Crippen LogP contribution in [0.2, 0.25) is 0 Å². The molecular weight excluding hydrogens is 248 g/mol. The molecule has 0 aliphatic heterocycles. The van der Waals surface area contributed by atoms with E-state index < -0.39 is 0 Å². The average Bonchev–Trinajstić information content (AvgIpc) is 2.53. The van der Waals surface area contributed by atoms with E-state index in [-0.39, 0.29) is 6.61 Å². The van der Waals surface area contributed by atoms with Crippen LogP contribution in [-0.4, -0.2) is 42.3 Å². The molecule has 1 aliphatic carbocycles. The highest BCUT2D eigenvalue weighted by atomic mass is 16.3. The fourth-order valence-electron chi connectivity index (χ4n) is 3.32. The van der Waals surface area contributed by atoms with Gasteiger partial charge in [-0.2, -0.15) is 0 Å². The van der Waals surface area contributed by atoms with Gasteiger partial charge in [0.15, 0.2) is 0 Å². The van der Waals surface area contributed by atoms with E-state index in [9.17, 15) is 5.11 Å². The molecule has 3 N–H and O–H groups in total. The maximum atomic E-state index is 9.35. The number of rotatable bonds is 7. The summed E-state index contributed by atoms with van der Waals surface area (Å²) in [7, 11) is 0. The van der Waals surface area contributed by atoms with Gasteiger partial charge in [0.05, 0.1) is 6.61 Å². The molecule has 0 spiro atoms. The minimum atomic E-state index is 0.239. The van der Waals surface area contributed by atoms with Crippen LogP contribution in [0.5, 0.6) is 0 Å². The molecule has 1 atom stereocenters. The van der Waals surface area contributed by atoms with Crippen molar-refractivity contribution in [2.75, 3.05) is 26.2 Å². The third-order valence-corrected chi connectivity index (χ3v) is 4.49. The van der Waals surface area contributed by atoms with Crippen molar-refractivity contribution in [1.82, 2.24) is 4.90 Å². The third-order valence-electron chi connectivity index (χ3n) is 4.49. The molecule has 0 amide bonds. The van der Waals surface area contributed by atoms with Crippen LogP contribution in [0, 0.1) is 0 Å². The van der Waals surface area contributed by atoms with Crippen LogP contribution in [0.1, 0.15) is 43.6 Å². The summed E-state index contributed by atoms with van der Waals surface area (Å²) in [5.74, 6) is 0.365. The summed E-state index contributed by atoms with van der Waals surface area (Å²) in [5, 5.41) is 9.35. The van der Waals surface area contributed by atoms with Gasteiger partial charge in [-0.05, 0) is 18.4 Å². The minimum Gasteiger partial charge on any atom is -0.395 e. The first kappa shape index (κ1) is 15.5. The molecule has 20 heavy (non-hydrogen) atoms. The highest BCUT2D eigenvalue weighted by molar-refractivity contribution is 5.20. The lowest BCUT2D eigenvalue weighted by molar-refractivity contribution is 0.117. The first-order valence-electron chi connectivity index (χ1n) is 7.95. The summed E-state index contributed by atoms with van der Waals surface area (Å²) in [6, 6.07) is 11.2. The second-order valence-electron chi connectivity index (χ2n) is 5.85. The summed E-state index contributed by atoms with van der Waals surface area (Å²) in [5.41, 5.74) is 7.30. The predicted molar refractivity (Wildman–Crippen MR) is 83.8 cm³/mol. The molecule has 112 valence electrons. The SMILES string of the molecule is NCC(CN(CCO)C1CCCCC1)c1ccccc1. The Labute approximate surface area is 122 Å². The smallest absolute Gasteiger partial charge is 0.0558 e. The van der Waals surface area contributed by atoms with Crippen molar-refractivity contribution in [3.8, 4) is 0 Å². The van der Waals surface area contributed by atoms with E-state index in [2.05, 4.69) is 29.2 Å². The summed E-state index contributed by atoms with van der Waals surface area (Å²) in [4.78, 5) is 2.46. The molecule has 0 saturated heterocycles. The molecule has 2 rings (SSSR count). The summed E-state index contributed by atoms with van der Waals surface area (Å²) in [6.45, 7) is 2.64. The van der Waals surface area contributed by atoms with Gasteiger partial charge in [-0.15, -0.1) is 0 Å². The Balaban J connectivity index is 2.01. The molecule has 3 heteroatoms. The number of benzene rings is 1. The predicted octanol–water partition coefficient (Wildman–Crippen LogP) is 2.36. The maximum absolute atomic E-state index is 9.35. The highest BCUT2D eigenvalue weighted by Gasteiger charge is 2.23. The molecule has 0 heterocycles. The Bertz CT molecular complexity index is 363. The van der Waals surface area contributed by atoms with E-state index >= 15 is 0 Å². The van der Waals surface area contributed by atoms with E-state index in [1.807, 2.05) is 6.07 Å². The molecule has 1 fully saturated rings. The molecule has 1 saturated carbocycles. The van der Waals surface area contributed by atoms with E-state index in [0.29, 0.717) is 18.5 Å². The molecule has 1 aromatic carbocycles. The molecule has 1 aromatic rings. The maximum Gasteiger partial charge on any atom is 0.0558 e. The number of aliphatic hydroxyl groups is 1. The number of aliphatic hydroxyl groups excluding tert-OH is 1. The van der Waals surface area contributed by atoms with Crippen LogP contribution in [0.3, 0.4) is 0 Å². The largest absolute Gasteiger partial charge is 0.395 e. The molecule has 1 unspecified atom stereocenters. The Kier molecular flexibility index (Phi) is 6.51. The lowest BCUT2D eigenvalue weighted by Crippen LogP contribution is -2.42. The fourth-order valence-corrected chi connectivity index (χ4v) is 3.32. The van der Waals surface area contributed by atoms with Gasteiger partial charge in [0.2, 0.25) is 0 Å². The molecule has 0 aromatic heterocycles. The molecule has 3 nitrogen and oxygen atoms in total. The van der Waals surface area contributed by atoms with E-state index in [4.69, 9.17) is 5.73 Å². The van der Waals surface area contributed by atoms with Crippen LogP contribution in [0.15, 0.2) is 30.3 Å². The zero-order chi connectivity index (χ0) is 14.2. The quantitative estimate of drug-likeness (QED) is 0.804. The molecule has 0 radical (unpaired) electrons. The average molecular weight is 276 g/mol. The van der Waals surface area contributed by atoms with Crippen molar-refractivity contribution in [3.05, 3.63) is 35.9 Å². The minimum absolute atomic E-state index is 0.239. The van der Waals surface area contributed by atoms with E-state index in [0.717, 1.165) is 13.1 Å². The fraction of sp³-hybridized carbons (Fsp3) is 0.647. The van der Waals surface area contributed by atoms with Gasteiger partial charge in [-0.1, -0.05) is 49.6 Å². The van der Waals surface area contributed by atoms with Gasteiger partial charge in [0, 0.05) is 31.6 Å². The van der Waals surface area contributed by atoms with E-state index in [1.165, 1.54) is 37.7 Å². The van der Waals surface area contributed by atoms with Crippen molar-refractivity contribution < 1.29 is 5.11 Å². The Morgan fingerprint density at radius 3 is 2.45 bits per heavy atom. The Hall–Kier alpha value is -0.900. The van der Waals surface area contributed by atoms with Crippen molar-refractivity contribution in [1.29, 1.82) is 0 Å². The lowest BCUT2D eigenvalue weighted by Gasteiger charge is -2.36. The molecule has 1 aliphatic rings. The lowest BCUT2D eigenvalue weighted by atomic mass is 9.92. The normalized spacial score (nSPS) is 18.4.